The van der Waals surface area contributed by atoms with Crippen LogP contribution in [0.25, 0.3) is 0 Å². The Bertz CT molecular complexity index is 446. The van der Waals surface area contributed by atoms with Crippen molar-refractivity contribution in [2.75, 3.05) is 19.8 Å². The lowest BCUT2D eigenvalue weighted by Crippen LogP contribution is -2.38. The number of benzene rings is 1. The quantitative estimate of drug-likeness (QED) is 0.712. The topological polar surface area (TPSA) is 47.6 Å². The summed E-state index contributed by atoms with van der Waals surface area (Å²) in [5.41, 5.74) is 2.17. The van der Waals surface area contributed by atoms with Crippen LogP contribution in [0.4, 0.5) is 0 Å². The normalized spacial score (nSPS) is 12.0. The Balaban J connectivity index is 2.50. The molecule has 0 bridgehead atoms. The Kier molecular flexibility index (Phi) is 7.83. The number of ether oxygens (including phenoxy) is 2. The second kappa shape index (κ2) is 9.40. The maximum atomic E-state index is 12.1. The van der Waals surface area contributed by atoms with E-state index in [9.17, 15) is 4.79 Å². The van der Waals surface area contributed by atoms with Gasteiger partial charge in [0.1, 0.15) is 5.75 Å². The molecular weight excluding hydrogens is 266 g/mol. The Hall–Kier alpha value is -1.55. The Labute approximate surface area is 127 Å². The predicted molar refractivity (Wildman–Crippen MR) is 84.7 cm³/mol. The first-order chi connectivity index (χ1) is 10.1. The molecule has 0 radical (unpaired) electrons. The number of amides is 1. The zero-order valence-corrected chi connectivity index (χ0v) is 13.6. The second-order valence-electron chi connectivity index (χ2n) is 5.13. The minimum atomic E-state index is -0.447. The molecule has 0 saturated heterocycles. The van der Waals surface area contributed by atoms with Crippen LogP contribution in [-0.2, 0) is 9.53 Å². The smallest absolute Gasteiger partial charge is 0.261 e. The Morgan fingerprint density at radius 1 is 1.29 bits per heavy atom. The molecule has 0 unspecified atom stereocenters. The van der Waals surface area contributed by atoms with Crippen molar-refractivity contribution in [2.24, 2.45) is 0 Å². The molecule has 1 aromatic rings. The monoisotopic (exact) mass is 293 g/mol. The van der Waals surface area contributed by atoms with Gasteiger partial charge < -0.3 is 14.8 Å². The van der Waals surface area contributed by atoms with Gasteiger partial charge in [-0.1, -0.05) is 19.1 Å². The molecule has 1 atom stereocenters. The number of nitrogens with one attached hydrogen (secondary N) is 1. The van der Waals surface area contributed by atoms with Gasteiger partial charge in [-0.05, 0) is 50.8 Å². The second-order valence-corrected chi connectivity index (χ2v) is 5.13. The summed E-state index contributed by atoms with van der Waals surface area (Å²) in [6.45, 7) is 9.92. The number of carbonyl (C=O) groups excluding carboxylic acids is 1. The van der Waals surface area contributed by atoms with Crippen LogP contribution in [0.3, 0.4) is 0 Å². The van der Waals surface area contributed by atoms with Crippen molar-refractivity contribution in [3.63, 3.8) is 0 Å². The third kappa shape index (κ3) is 6.17. The summed E-state index contributed by atoms with van der Waals surface area (Å²) >= 11 is 0. The summed E-state index contributed by atoms with van der Waals surface area (Å²) in [6, 6.07) is 6.02. The minimum Gasteiger partial charge on any atom is -0.480 e. The minimum absolute atomic E-state index is 0.0603. The van der Waals surface area contributed by atoms with Gasteiger partial charge in [0.25, 0.3) is 5.91 Å². The molecule has 0 aliphatic rings. The van der Waals surface area contributed by atoms with Crippen molar-refractivity contribution in [3.8, 4) is 5.75 Å². The fourth-order valence-electron chi connectivity index (χ4n) is 1.95. The number of carbonyl (C=O) groups is 1. The first-order valence-corrected chi connectivity index (χ1v) is 7.67. The highest BCUT2D eigenvalue weighted by atomic mass is 16.5. The van der Waals surface area contributed by atoms with E-state index in [1.165, 1.54) is 0 Å². The van der Waals surface area contributed by atoms with E-state index in [2.05, 4.69) is 5.32 Å². The molecule has 4 nitrogen and oxygen atoms in total. The Morgan fingerprint density at radius 2 is 2.05 bits per heavy atom. The fraction of sp³-hybridized carbons (Fsp3) is 0.588. The van der Waals surface area contributed by atoms with Crippen LogP contribution in [0.5, 0.6) is 5.75 Å². The lowest BCUT2D eigenvalue weighted by molar-refractivity contribution is -0.128. The molecule has 0 heterocycles. The highest BCUT2D eigenvalue weighted by molar-refractivity contribution is 5.81. The van der Waals surface area contributed by atoms with Gasteiger partial charge in [0.05, 0.1) is 0 Å². The molecule has 118 valence electrons. The number of hydrogen-bond acceptors (Lipinski definition) is 3. The highest BCUT2D eigenvalue weighted by Gasteiger charge is 2.18. The Morgan fingerprint density at radius 3 is 2.71 bits per heavy atom. The summed E-state index contributed by atoms with van der Waals surface area (Å²) in [7, 11) is 0. The highest BCUT2D eigenvalue weighted by Crippen LogP contribution is 2.21. The molecular formula is C17H27NO3. The van der Waals surface area contributed by atoms with Crippen LogP contribution < -0.4 is 10.1 Å². The average molecular weight is 293 g/mol. The van der Waals surface area contributed by atoms with Crippen molar-refractivity contribution < 1.29 is 14.3 Å². The predicted octanol–water partition coefficient (Wildman–Crippen LogP) is 3.00. The van der Waals surface area contributed by atoms with Gasteiger partial charge in [0.2, 0.25) is 0 Å². The van der Waals surface area contributed by atoms with Crippen molar-refractivity contribution in [2.45, 2.75) is 46.6 Å². The van der Waals surface area contributed by atoms with Crippen LogP contribution in [0.2, 0.25) is 0 Å². The van der Waals surface area contributed by atoms with Crippen molar-refractivity contribution in [1.82, 2.24) is 5.32 Å². The number of aryl methyl sites for hydroxylation is 2. The van der Waals surface area contributed by atoms with Crippen LogP contribution in [0, 0.1) is 13.8 Å². The molecule has 1 N–H and O–H groups in total. The van der Waals surface area contributed by atoms with E-state index in [0.29, 0.717) is 26.2 Å². The van der Waals surface area contributed by atoms with Crippen molar-refractivity contribution >= 4 is 5.91 Å². The van der Waals surface area contributed by atoms with Crippen LogP contribution >= 0.6 is 0 Å². The lowest BCUT2D eigenvalue weighted by atomic mass is 10.1. The maximum Gasteiger partial charge on any atom is 0.261 e. The molecule has 1 amide bonds. The fourth-order valence-corrected chi connectivity index (χ4v) is 1.95. The zero-order valence-electron chi connectivity index (χ0n) is 13.6. The van der Waals surface area contributed by atoms with Gasteiger partial charge in [-0.15, -0.1) is 0 Å². The van der Waals surface area contributed by atoms with E-state index in [1.54, 1.807) is 0 Å². The third-order valence-electron chi connectivity index (χ3n) is 3.24. The lowest BCUT2D eigenvalue weighted by Gasteiger charge is -2.19. The summed E-state index contributed by atoms with van der Waals surface area (Å²) in [4.78, 5) is 12.1. The van der Waals surface area contributed by atoms with E-state index in [0.717, 1.165) is 23.3 Å². The first kappa shape index (κ1) is 17.5. The molecule has 1 aromatic carbocycles. The van der Waals surface area contributed by atoms with E-state index < -0.39 is 6.10 Å². The molecule has 0 spiro atoms. The van der Waals surface area contributed by atoms with Gasteiger partial charge in [-0.25, -0.2) is 0 Å². The zero-order chi connectivity index (χ0) is 15.7. The van der Waals surface area contributed by atoms with E-state index >= 15 is 0 Å². The molecule has 0 aliphatic carbocycles. The van der Waals surface area contributed by atoms with E-state index in [4.69, 9.17) is 9.47 Å². The SMILES string of the molecule is CCOCCCNC(=O)[C@@H](CC)Oc1cc(C)ccc1C. The first-order valence-electron chi connectivity index (χ1n) is 7.67. The molecule has 1 rings (SSSR count). The van der Waals surface area contributed by atoms with Gasteiger partial charge in [0.15, 0.2) is 6.10 Å². The van der Waals surface area contributed by atoms with Crippen molar-refractivity contribution in [1.29, 1.82) is 0 Å². The van der Waals surface area contributed by atoms with Crippen molar-refractivity contribution in [3.05, 3.63) is 29.3 Å². The molecule has 21 heavy (non-hydrogen) atoms. The maximum absolute atomic E-state index is 12.1. The standard InChI is InChI=1S/C17H27NO3/c1-5-15(17(19)18-10-7-11-20-6-2)21-16-12-13(3)8-9-14(16)4/h8-9,12,15H,5-7,10-11H2,1-4H3,(H,18,19)/t15-/m1/s1. The van der Waals surface area contributed by atoms with Crippen LogP contribution in [-0.4, -0.2) is 31.8 Å². The summed E-state index contributed by atoms with van der Waals surface area (Å²) < 4.78 is 11.1. The number of rotatable bonds is 9. The van der Waals surface area contributed by atoms with Gasteiger partial charge in [0, 0.05) is 19.8 Å². The van der Waals surface area contributed by atoms with Crippen LogP contribution in [0.15, 0.2) is 18.2 Å². The molecule has 0 aliphatic heterocycles. The van der Waals surface area contributed by atoms with E-state index in [1.807, 2.05) is 45.9 Å². The van der Waals surface area contributed by atoms with Gasteiger partial charge >= 0.3 is 0 Å². The molecule has 0 aromatic heterocycles. The molecule has 4 heteroatoms. The summed E-state index contributed by atoms with van der Waals surface area (Å²) in [6.07, 6.45) is 1.02. The van der Waals surface area contributed by atoms with E-state index in [-0.39, 0.29) is 5.91 Å². The van der Waals surface area contributed by atoms with Crippen LogP contribution in [0.1, 0.15) is 37.8 Å². The number of hydrogen-bond donors (Lipinski definition) is 1. The van der Waals surface area contributed by atoms with Gasteiger partial charge in [-0.3, -0.25) is 4.79 Å². The molecule has 0 fully saturated rings. The average Bonchev–Trinajstić information content (AvgIpc) is 2.47. The third-order valence-corrected chi connectivity index (χ3v) is 3.24. The van der Waals surface area contributed by atoms with Gasteiger partial charge in [-0.2, -0.15) is 0 Å². The largest absolute Gasteiger partial charge is 0.480 e. The summed E-state index contributed by atoms with van der Waals surface area (Å²) in [5.74, 6) is 0.723. The summed E-state index contributed by atoms with van der Waals surface area (Å²) in [5, 5.41) is 2.90. The molecule has 0 saturated carbocycles.